The molecule has 19 heavy (non-hydrogen) atoms. The molecule has 0 saturated heterocycles. The number of amides is 1. The van der Waals surface area contributed by atoms with E-state index in [0.717, 1.165) is 19.5 Å². The van der Waals surface area contributed by atoms with E-state index in [1.54, 1.807) is 18.2 Å². The summed E-state index contributed by atoms with van der Waals surface area (Å²) in [4.78, 5) is 14.1. The molecule has 4 nitrogen and oxygen atoms in total. The molecule has 0 radical (unpaired) electrons. The van der Waals surface area contributed by atoms with Crippen molar-refractivity contribution in [3.8, 4) is 0 Å². The Morgan fingerprint density at radius 2 is 2.32 bits per heavy atom. The van der Waals surface area contributed by atoms with Crippen LogP contribution in [0.15, 0.2) is 29.8 Å². The average Bonchev–Trinajstić information content (AvgIpc) is 2.37. The Balaban J connectivity index is 1.92. The number of benzene rings is 1. The fraction of sp³-hybridized carbons (Fsp3) is 0.357. The molecule has 0 bridgehead atoms. The summed E-state index contributed by atoms with van der Waals surface area (Å²) in [5.74, 6) is -0.0677. The minimum atomic E-state index is -0.0677. The Hall–Kier alpha value is -1.52. The highest BCUT2D eigenvalue weighted by Gasteiger charge is 2.14. The maximum atomic E-state index is 12.0. The van der Waals surface area contributed by atoms with Gasteiger partial charge in [0.15, 0.2) is 0 Å². The van der Waals surface area contributed by atoms with Crippen molar-refractivity contribution >= 4 is 28.9 Å². The van der Waals surface area contributed by atoms with Crippen molar-refractivity contribution in [3.63, 3.8) is 0 Å². The highest BCUT2D eigenvalue weighted by molar-refractivity contribution is 6.31. The van der Waals surface area contributed by atoms with E-state index in [-0.39, 0.29) is 5.91 Å². The fourth-order valence-corrected chi connectivity index (χ4v) is 2.16. The molecule has 0 unspecified atom stereocenters. The molecule has 1 aromatic rings. The summed E-state index contributed by atoms with van der Waals surface area (Å²) < 4.78 is 0. The largest absolute Gasteiger partial charge is 0.397 e. The Labute approximate surface area is 118 Å². The molecular formula is C14H18ClN3O. The highest BCUT2D eigenvalue weighted by Crippen LogP contribution is 2.22. The smallest absolute Gasteiger partial charge is 0.238 e. The maximum absolute atomic E-state index is 12.0. The van der Waals surface area contributed by atoms with Crippen molar-refractivity contribution in [1.82, 2.24) is 4.90 Å². The van der Waals surface area contributed by atoms with Crippen LogP contribution in [-0.4, -0.2) is 30.4 Å². The van der Waals surface area contributed by atoms with Gasteiger partial charge in [-0.1, -0.05) is 23.3 Å². The number of hydrogen-bond donors (Lipinski definition) is 2. The number of nitrogens with two attached hydrogens (primary N) is 1. The van der Waals surface area contributed by atoms with Crippen LogP contribution in [0.2, 0.25) is 5.02 Å². The Kier molecular flexibility index (Phi) is 4.45. The van der Waals surface area contributed by atoms with Gasteiger partial charge in [-0.3, -0.25) is 9.69 Å². The molecule has 3 N–H and O–H groups in total. The van der Waals surface area contributed by atoms with Crippen molar-refractivity contribution in [1.29, 1.82) is 0 Å². The van der Waals surface area contributed by atoms with Crippen LogP contribution in [-0.2, 0) is 4.79 Å². The lowest BCUT2D eigenvalue weighted by Crippen LogP contribution is -2.36. The van der Waals surface area contributed by atoms with Gasteiger partial charge in [0, 0.05) is 18.1 Å². The van der Waals surface area contributed by atoms with Crippen molar-refractivity contribution in [3.05, 3.63) is 34.9 Å². The molecule has 2 rings (SSSR count). The lowest BCUT2D eigenvalue weighted by Gasteiger charge is -2.24. The van der Waals surface area contributed by atoms with Gasteiger partial charge in [0.05, 0.1) is 17.9 Å². The average molecular weight is 280 g/mol. The third kappa shape index (κ3) is 3.98. The van der Waals surface area contributed by atoms with Crippen molar-refractivity contribution in [2.45, 2.75) is 13.3 Å². The Morgan fingerprint density at radius 1 is 1.53 bits per heavy atom. The first kappa shape index (κ1) is 13.9. The van der Waals surface area contributed by atoms with Crippen LogP contribution in [0.5, 0.6) is 0 Å². The number of carbonyl (C=O) groups is 1. The van der Waals surface area contributed by atoms with Gasteiger partial charge in [0.25, 0.3) is 0 Å². The quantitative estimate of drug-likeness (QED) is 0.660. The van der Waals surface area contributed by atoms with Crippen LogP contribution in [0, 0.1) is 0 Å². The summed E-state index contributed by atoms with van der Waals surface area (Å²) in [6.07, 6.45) is 3.18. The second kappa shape index (κ2) is 6.08. The van der Waals surface area contributed by atoms with E-state index in [0.29, 0.717) is 22.9 Å². The van der Waals surface area contributed by atoms with Crippen LogP contribution < -0.4 is 11.1 Å². The number of nitrogens with one attached hydrogen (secondary N) is 1. The van der Waals surface area contributed by atoms with Gasteiger partial charge in [0.1, 0.15) is 0 Å². The molecule has 1 heterocycles. The lowest BCUT2D eigenvalue weighted by molar-refractivity contribution is -0.117. The van der Waals surface area contributed by atoms with Crippen molar-refractivity contribution in [2.24, 2.45) is 0 Å². The zero-order valence-corrected chi connectivity index (χ0v) is 11.7. The lowest BCUT2D eigenvalue weighted by atomic mass is 10.1. The van der Waals surface area contributed by atoms with Crippen LogP contribution in [0.4, 0.5) is 11.4 Å². The molecule has 1 aliphatic rings. The summed E-state index contributed by atoms with van der Waals surface area (Å²) in [6.45, 7) is 4.23. The minimum absolute atomic E-state index is 0.0677. The summed E-state index contributed by atoms with van der Waals surface area (Å²) in [5.41, 5.74) is 8.27. The Bertz CT molecular complexity index is 513. The second-order valence-electron chi connectivity index (χ2n) is 4.82. The monoisotopic (exact) mass is 279 g/mol. The minimum Gasteiger partial charge on any atom is -0.397 e. The van der Waals surface area contributed by atoms with Crippen molar-refractivity contribution in [2.75, 3.05) is 30.7 Å². The third-order valence-electron chi connectivity index (χ3n) is 3.18. The van der Waals surface area contributed by atoms with Gasteiger partial charge in [-0.2, -0.15) is 0 Å². The molecule has 0 spiro atoms. The van der Waals surface area contributed by atoms with E-state index in [2.05, 4.69) is 23.2 Å². The number of nitrogens with zero attached hydrogens (tertiary/aromatic N) is 1. The molecule has 1 aromatic carbocycles. The molecule has 0 saturated carbocycles. The van der Waals surface area contributed by atoms with Crippen LogP contribution in [0.3, 0.4) is 0 Å². The van der Waals surface area contributed by atoms with Gasteiger partial charge in [-0.05, 0) is 31.5 Å². The SMILES string of the molecule is CC1=CCN(CC(=O)Nc2cc(Cl)ccc2N)CC1. The fourth-order valence-electron chi connectivity index (χ4n) is 1.99. The number of nitrogen functional groups attached to an aromatic ring is 1. The van der Waals surface area contributed by atoms with E-state index in [1.807, 2.05) is 0 Å². The van der Waals surface area contributed by atoms with Gasteiger partial charge in [-0.25, -0.2) is 0 Å². The first-order valence-electron chi connectivity index (χ1n) is 6.27. The summed E-state index contributed by atoms with van der Waals surface area (Å²) in [7, 11) is 0. The summed E-state index contributed by atoms with van der Waals surface area (Å²) >= 11 is 5.88. The maximum Gasteiger partial charge on any atom is 0.238 e. The first-order valence-corrected chi connectivity index (χ1v) is 6.65. The summed E-state index contributed by atoms with van der Waals surface area (Å²) in [5, 5.41) is 3.36. The van der Waals surface area contributed by atoms with E-state index in [9.17, 15) is 4.79 Å². The van der Waals surface area contributed by atoms with Crippen LogP contribution in [0.1, 0.15) is 13.3 Å². The number of hydrogen-bond acceptors (Lipinski definition) is 3. The normalized spacial score (nSPS) is 16.0. The molecule has 5 heteroatoms. The summed E-state index contributed by atoms with van der Waals surface area (Å²) in [6, 6.07) is 5.05. The van der Waals surface area contributed by atoms with E-state index in [1.165, 1.54) is 5.57 Å². The van der Waals surface area contributed by atoms with Gasteiger partial charge in [0.2, 0.25) is 5.91 Å². The first-order chi connectivity index (χ1) is 9.04. The van der Waals surface area contributed by atoms with Crippen LogP contribution in [0.25, 0.3) is 0 Å². The topological polar surface area (TPSA) is 58.4 Å². The molecule has 0 fully saturated rings. The molecule has 102 valence electrons. The standard InChI is InChI=1S/C14H18ClN3O/c1-10-4-6-18(7-5-10)9-14(19)17-13-8-11(15)2-3-12(13)16/h2-4,8H,5-7,9,16H2,1H3,(H,17,19). The molecular weight excluding hydrogens is 262 g/mol. The van der Waals surface area contributed by atoms with E-state index in [4.69, 9.17) is 17.3 Å². The third-order valence-corrected chi connectivity index (χ3v) is 3.41. The predicted octanol–water partition coefficient (Wildman–Crippen LogP) is 2.51. The van der Waals surface area contributed by atoms with Gasteiger partial charge in [-0.15, -0.1) is 0 Å². The van der Waals surface area contributed by atoms with Gasteiger partial charge >= 0.3 is 0 Å². The molecule has 0 aromatic heterocycles. The zero-order valence-electron chi connectivity index (χ0n) is 10.9. The van der Waals surface area contributed by atoms with Crippen molar-refractivity contribution < 1.29 is 4.79 Å². The number of rotatable bonds is 3. The number of halogens is 1. The highest BCUT2D eigenvalue weighted by atomic mass is 35.5. The zero-order chi connectivity index (χ0) is 13.8. The van der Waals surface area contributed by atoms with E-state index < -0.39 is 0 Å². The molecule has 1 amide bonds. The second-order valence-corrected chi connectivity index (χ2v) is 5.25. The Morgan fingerprint density at radius 3 is 3.00 bits per heavy atom. The van der Waals surface area contributed by atoms with Crippen LogP contribution >= 0.6 is 11.6 Å². The predicted molar refractivity (Wildman–Crippen MR) is 79.3 cm³/mol. The molecule has 0 aliphatic carbocycles. The number of anilines is 2. The molecule has 0 atom stereocenters. The number of carbonyl (C=O) groups excluding carboxylic acids is 1. The molecule has 1 aliphatic heterocycles. The van der Waals surface area contributed by atoms with Gasteiger partial charge < -0.3 is 11.1 Å². The van der Waals surface area contributed by atoms with E-state index >= 15 is 0 Å².